The second-order valence-corrected chi connectivity index (χ2v) is 6.51. The summed E-state index contributed by atoms with van der Waals surface area (Å²) in [4.78, 5) is 36.8. The maximum atomic E-state index is 12.9. The van der Waals surface area contributed by atoms with Gasteiger partial charge in [0.15, 0.2) is 0 Å². The van der Waals surface area contributed by atoms with Crippen LogP contribution in [0.5, 0.6) is 0 Å². The monoisotopic (exact) mass is 395 g/mol. The highest BCUT2D eigenvalue weighted by Gasteiger charge is 2.36. The van der Waals surface area contributed by atoms with Gasteiger partial charge in [-0.05, 0) is 43.5 Å². The molecule has 1 amide bonds. The van der Waals surface area contributed by atoms with Crippen LogP contribution in [0.4, 0.5) is 0 Å². The average Bonchev–Trinajstić information content (AvgIpc) is 2.55. The summed E-state index contributed by atoms with van der Waals surface area (Å²) in [5.74, 6) is -3.05. The van der Waals surface area contributed by atoms with Gasteiger partial charge in [-0.1, -0.05) is 28.1 Å². The molecule has 1 aliphatic carbocycles. The minimum absolute atomic E-state index is 0.328. The summed E-state index contributed by atoms with van der Waals surface area (Å²) in [6.45, 7) is 0. The predicted molar refractivity (Wildman–Crippen MR) is 90.8 cm³/mol. The van der Waals surface area contributed by atoms with E-state index in [1.54, 1.807) is 30.3 Å². The first kappa shape index (κ1) is 18.2. The van der Waals surface area contributed by atoms with E-state index in [-0.39, 0.29) is 0 Å². The number of benzene rings is 1. The minimum Gasteiger partial charge on any atom is -0.481 e. The lowest BCUT2D eigenvalue weighted by atomic mass is 9.97. The molecule has 24 heavy (non-hydrogen) atoms. The molecule has 0 aliphatic heterocycles. The molecule has 0 saturated carbocycles. The number of aliphatic carboxylic acids is 2. The molecule has 0 saturated heterocycles. The molecule has 2 N–H and O–H groups in total. The zero-order chi connectivity index (χ0) is 17.7. The van der Waals surface area contributed by atoms with Gasteiger partial charge in [-0.25, -0.2) is 4.79 Å². The fourth-order valence-electron chi connectivity index (χ4n) is 2.76. The lowest BCUT2D eigenvalue weighted by Gasteiger charge is -2.35. The summed E-state index contributed by atoms with van der Waals surface area (Å²) in [5.41, 5.74) is 0.328. The molecule has 6 nitrogen and oxygen atoms in total. The standard InChI is InChI=1S/C17H18BrNO5/c18-12-8-6-11(7-9-12)16(22)19(13-4-2-1-3-5-13)14(17(23)24)10-15(20)21/h2,4,6-9,13-14H,1,3,5,10H2,(H,20,21)(H,23,24)/t13?,14-/m0/s1. The Morgan fingerprint density at radius 1 is 1.21 bits per heavy atom. The predicted octanol–water partition coefficient (Wildman–Crippen LogP) is 2.93. The highest BCUT2D eigenvalue weighted by molar-refractivity contribution is 9.10. The van der Waals surface area contributed by atoms with Gasteiger partial charge in [0.1, 0.15) is 6.04 Å². The van der Waals surface area contributed by atoms with Crippen molar-refractivity contribution in [3.8, 4) is 0 Å². The second-order valence-electron chi connectivity index (χ2n) is 5.60. The van der Waals surface area contributed by atoms with Gasteiger partial charge >= 0.3 is 11.9 Å². The number of hydrogen-bond acceptors (Lipinski definition) is 3. The van der Waals surface area contributed by atoms with E-state index in [0.717, 1.165) is 17.3 Å². The Morgan fingerprint density at radius 2 is 1.88 bits per heavy atom. The first-order chi connectivity index (χ1) is 11.4. The Labute approximate surface area is 147 Å². The van der Waals surface area contributed by atoms with Crippen LogP contribution in [0.2, 0.25) is 0 Å². The molecular formula is C17H18BrNO5. The smallest absolute Gasteiger partial charge is 0.327 e. The van der Waals surface area contributed by atoms with Crippen LogP contribution in [0, 0.1) is 0 Å². The summed E-state index contributed by atoms with van der Waals surface area (Å²) in [5, 5.41) is 18.5. The van der Waals surface area contributed by atoms with E-state index in [9.17, 15) is 19.5 Å². The molecule has 0 aromatic heterocycles. The summed E-state index contributed by atoms with van der Waals surface area (Å²) >= 11 is 3.29. The number of nitrogens with zero attached hydrogens (tertiary/aromatic N) is 1. The van der Waals surface area contributed by atoms with Crippen molar-refractivity contribution in [2.24, 2.45) is 0 Å². The molecule has 0 bridgehead atoms. The third-order valence-corrected chi connectivity index (χ3v) is 4.43. The number of carbonyl (C=O) groups is 3. The van der Waals surface area contributed by atoms with Crippen LogP contribution < -0.4 is 0 Å². The third-order valence-electron chi connectivity index (χ3n) is 3.90. The number of hydrogen-bond donors (Lipinski definition) is 2. The van der Waals surface area contributed by atoms with Crippen molar-refractivity contribution in [3.63, 3.8) is 0 Å². The molecule has 0 fully saturated rings. The SMILES string of the molecule is O=C(O)C[C@@H](C(=O)O)N(C(=O)c1ccc(Br)cc1)C1C=CCCC1. The van der Waals surface area contributed by atoms with E-state index in [0.29, 0.717) is 12.0 Å². The number of carbonyl (C=O) groups excluding carboxylic acids is 1. The van der Waals surface area contributed by atoms with Crippen molar-refractivity contribution in [2.75, 3.05) is 0 Å². The number of amides is 1. The highest BCUT2D eigenvalue weighted by atomic mass is 79.9. The first-order valence-electron chi connectivity index (χ1n) is 7.59. The zero-order valence-corrected chi connectivity index (χ0v) is 14.5. The lowest BCUT2D eigenvalue weighted by molar-refractivity contribution is -0.149. The fourth-order valence-corrected chi connectivity index (χ4v) is 3.03. The molecule has 1 unspecified atom stereocenters. The maximum absolute atomic E-state index is 12.9. The maximum Gasteiger partial charge on any atom is 0.327 e. The zero-order valence-electron chi connectivity index (χ0n) is 12.9. The van der Waals surface area contributed by atoms with Crippen molar-refractivity contribution in [2.45, 2.75) is 37.8 Å². The number of carboxylic acids is 2. The van der Waals surface area contributed by atoms with Crippen LogP contribution in [0.25, 0.3) is 0 Å². The molecule has 0 spiro atoms. The van der Waals surface area contributed by atoms with Crippen LogP contribution in [0.1, 0.15) is 36.0 Å². The highest BCUT2D eigenvalue weighted by Crippen LogP contribution is 2.24. The van der Waals surface area contributed by atoms with Crippen molar-refractivity contribution in [1.29, 1.82) is 0 Å². The summed E-state index contributed by atoms with van der Waals surface area (Å²) in [7, 11) is 0. The molecule has 1 aromatic rings. The van der Waals surface area contributed by atoms with E-state index < -0.39 is 36.4 Å². The number of carboxylic acid groups (broad SMARTS) is 2. The van der Waals surface area contributed by atoms with Crippen molar-refractivity contribution in [1.82, 2.24) is 4.90 Å². The molecule has 2 atom stereocenters. The summed E-state index contributed by atoms with van der Waals surface area (Å²) < 4.78 is 0.795. The van der Waals surface area contributed by atoms with E-state index in [4.69, 9.17) is 5.11 Å². The van der Waals surface area contributed by atoms with Gasteiger partial charge < -0.3 is 15.1 Å². The molecule has 7 heteroatoms. The van der Waals surface area contributed by atoms with E-state index in [2.05, 4.69) is 15.9 Å². The number of rotatable bonds is 6. The Hall–Kier alpha value is -2.15. The Morgan fingerprint density at radius 3 is 2.38 bits per heavy atom. The Balaban J connectivity index is 2.40. The van der Waals surface area contributed by atoms with Gasteiger partial charge in [0.2, 0.25) is 0 Å². The van der Waals surface area contributed by atoms with Gasteiger partial charge in [-0.15, -0.1) is 0 Å². The topological polar surface area (TPSA) is 94.9 Å². The van der Waals surface area contributed by atoms with Gasteiger partial charge in [0, 0.05) is 10.0 Å². The molecule has 0 radical (unpaired) electrons. The number of allylic oxidation sites excluding steroid dienone is 1. The van der Waals surface area contributed by atoms with Crippen LogP contribution >= 0.6 is 15.9 Å². The minimum atomic E-state index is -1.41. The lowest BCUT2D eigenvalue weighted by Crippen LogP contribution is -2.51. The van der Waals surface area contributed by atoms with Crippen molar-refractivity contribution >= 4 is 33.8 Å². The fraction of sp³-hybridized carbons (Fsp3) is 0.353. The van der Waals surface area contributed by atoms with Gasteiger partial charge in [-0.2, -0.15) is 0 Å². The number of halogens is 1. The van der Waals surface area contributed by atoms with Crippen LogP contribution in [0.3, 0.4) is 0 Å². The Kier molecular flexibility index (Phi) is 6.14. The van der Waals surface area contributed by atoms with Gasteiger partial charge in [0.05, 0.1) is 12.5 Å². The van der Waals surface area contributed by atoms with Crippen LogP contribution in [-0.2, 0) is 9.59 Å². The van der Waals surface area contributed by atoms with E-state index >= 15 is 0 Å². The largest absolute Gasteiger partial charge is 0.481 e. The van der Waals surface area contributed by atoms with Gasteiger partial charge in [-0.3, -0.25) is 9.59 Å². The molecule has 0 heterocycles. The van der Waals surface area contributed by atoms with Crippen molar-refractivity contribution < 1.29 is 24.6 Å². The molecule has 128 valence electrons. The van der Waals surface area contributed by atoms with Crippen LogP contribution in [0.15, 0.2) is 40.9 Å². The molecule has 2 rings (SSSR count). The first-order valence-corrected chi connectivity index (χ1v) is 8.39. The van der Waals surface area contributed by atoms with Gasteiger partial charge in [0.25, 0.3) is 5.91 Å². The third kappa shape index (κ3) is 4.44. The molecule has 1 aliphatic rings. The summed E-state index contributed by atoms with van der Waals surface area (Å²) in [6, 6.07) is 4.73. The van der Waals surface area contributed by atoms with Crippen LogP contribution in [-0.4, -0.2) is 45.0 Å². The normalized spacial score (nSPS) is 18.0. The second kappa shape index (κ2) is 8.10. The van der Waals surface area contributed by atoms with Crippen molar-refractivity contribution in [3.05, 3.63) is 46.5 Å². The van der Waals surface area contributed by atoms with E-state index in [1.165, 1.54) is 4.90 Å². The Bertz CT molecular complexity index is 655. The average molecular weight is 396 g/mol. The van der Waals surface area contributed by atoms with E-state index in [1.807, 2.05) is 6.08 Å². The molecular weight excluding hydrogens is 378 g/mol. The quantitative estimate of drug-likeness (QED) is 0.721. The summed E-state index contributed by atoms with van der Waals surface area (Å²) in [6.07, 6.45) is 5.36. The molecule has 1 aromatic carbocycles.